The normalized spacial score (nSPS) is 20.0. The third-order valence-corrected chi connectivity index (χ3v) is 10.4. The van der Waals surface area contributed by atoms with Gasteiger partial charge >= 0.3 is 20.1 Å². The second-order valence-electron chi connectivity index (χ2n) is 16.7. The van der Waals surface area contributed by atoms with Crippen molar-refractivity contribution in [3.8, 4) is 11.3 Å². The molecule has 2 N–H and O–H groups in total. The van der Waals surface area contributed by atoms with Gasteiger partial charge in [0, 0.05) is 6.20 Å². The average molecular weight is 865 g/mol. The van der Waals surface area contributed by atoms with E-state index in [1.54, 1.807) is 13.8 Å². The minimum atomic E-state index is -0.375. The van der Waals surface area contributed by atoms with Gasteiger partial charge in [0.25, 0.3) is 0 Å². The van der Waals surface area contributed by atoms with Crippen LogP contribution < -0.4 is 4.90 Å². The number of aliphatic hydroxyl groups is 2. The Morgan fingerprint density at radius 1 is 0.843 bits per heavy atom. The van der Waals surface area contributed by atoms with Gasteiger partial charge in [-0.05, 0) is 135 Å². The molecule has 274 valence electrons. The Bertz CT molecular complexity index is 1650. The van der Waals surface area contributed by atoms with Crippen LogP contribution in [0.5, 0.6) is 0 Å². The third kappa shape index (κ3) is 11.5. The first-order chi connectivity index (χ1) is 23.7. The number of hydrogen-bond donors (Lipinski definition) is 2. The summed E-state index contributed by atoms with van der Waals surface area (Å²) in [4.78, 5) is 8.76. The Labute approximate surface area is 321 Å². The standard InChI is InChI=1S/C30H36N.C10H10N2.C5H12O2.Ir/c1-28(2)19-29(3,4)21-30(20-28)15-12-22(13-16-30)25-11-10-23-14-17-31-27(26(23)18-25)24-8-6-5-7-9-24;1-11-7-8-12(9-11)10-5-3-2-4-6-10;1-4(6)3-5(2)7;/h5-8,10-11,14,17-18,22H,12-13,15-16,19-21H2,1-4H3;2-5,7-9H,1H3;4-7H,3H2,1-2H3;/q-1;-2;;+3. The first-order valence-corrected chi connectivity index (χ1v) is 18.5. The number of fused-ring (bicyclic) bond motifs is 1. The molecular weight excluding hydrogens is 807 g/mol. The first kappa shape index (κ1) is 40.7. The van der Waals surface area contributed by atoms with Crippen LogP contribution in [-0.4, -0.2) is 39.4 Å². The van der Waals surface area contributed by atoms with Crippen molar-refractivity contribution in [2.24, 2.45) is 16.2 Å². The molecule has 0 amide bonds. The zero-order chi connectivity index (χ0) is 35.9. The molecule has 4 aromatic rings. The number of rotatable bonds is 5. The van der Waals surface area contributed by atoms with Crippen LogP contribution in [0.4, 0.5) is 5.69 Å². The summed E-state index contributed by atoms with van der Waals surface area (Å²) in [7, 11) is 2.00. The quantitative estimate of drug-likeness (QED) is 0.196. The predicted molar refractivity (Wildman–Crippen MR) is 208 cm³/mol. The summed E-state index contributed by atoms with van der Waals surface area (Å²) in [6, 6.07) is 31.8. The fourth-order valence-electron chi connectivity index (χ4n) is 9.26. The van der Waals surface area contributed by atoms with Crippen LogP contribution in [-0.2, 0) is 20.1 Å². The van der Waals surface area contributed by atoms with Gasteiger partial charge in [0.15, 0.2) is 0 Å². The molecule has 0 saturated heterocycles. The smallest absolute Gasteiger partial charge is 0.510 e. The summed E-state index contributed by atoms with van der Waals surface area (Å²) in [5, 5.41) is 19.7. The molecule has 6 heteroatoms. The van der Waals surface area contributed by atoms with E-state index in [0.29, 0.717) is 28.6 Å². The van der Waals surface area contributed by atoms with E-state index >= 15 is 0 Å². The van der Waals surface area contributed by atoms with E-state index in [4.69, 9.17) is 15.2 Å². The van der Waals surface area contributed by atoms with Crippen LogP contribution in [0.2, 0.25) is 0 Å². The van der Waals surface area contributed by atoms with Crippen LogP contribution in [0.25, 0.3) is 22.0 Å². The van der Waals surface area contributed by atoms with Crippen molar-refractivity contribution in [3.63, 3.8) is 0 Å². The second kappa shape index (κ2) is 17.7. The van der Waals surface area contributed by atoms with Gasteiger partial charge < -0.3 is 25.0 Å². The molecule has 2 saturated carbocycles. The Kier molecular flexibility index (Phi) is 14.1. The molecule has 2 heterocycles. The molecule has 2 fully saturated rings. The summed E-state index contributed by atoms with van der Waals surface area (Å²) < 4.78 is 0. The van der Waals surface area contributed by atoms with Crippen molar-refractivity contribution in [2.75, 3.05) is 11.9 Å². The van der Waals surface area contributed by atoms with Gasteiger partial charge in [-0.2, -0.15) is 37.0 Å². The molecule has 51 heavy (non-hydrogen) atoms. The Morgan fingerprint density at radius 2 is 1.49 bits per heavy atom. The van der Waals surface area contributed by atoms with Crippen LogP contribution >= 0.6 is 0 Å². The Morgan fingerprint density at radius 3 is 2.02 bits per heavy atom. The number of aliphatic hydroxyl groups excluding tert-OH is 2. The van der Waals surface area contributed by atoms with E-state index in [1.165, 1.54) is 61.3 Å². The number of aromatic nitrogens is 1. The monoisotopic (exact) mass is 865 g/mol. The second-order valence-corrected chi connectivity index (χ2v) is 16.7. The molecule has 2 unspecified atom stereocenters. The molecule has 1 aromatic heterocycles. The topological polar surface area (TPSA) is 59.8 Å². The number of nitrogens with zero attached hydrogens (tertiary/aromatic N) is 3. The molecule has 7 rings (SSSR count). The average Bonchev–Trinajstić information content (AvgIpc) is 3.50. The number of anilines is 1. The van der Waals surface area contributed by atoms with Gasteiger partial charge in [0.1, 0.15) is 0 Å². The largest absolute Gasteiger partial charge is 3.00 e. The fraction of sp³-hybridized carbons (Fsp3) is 0.467. The van der Waals surface area contributed by atoms with Crippen molar-refractivity contribution in [3.05, 3.63) is 116 Å². The van der Waals surface area contributed by atoms with Crippen molar-refractivity contribution in [1.29, 1.82) is 0 Å². The maximum absolute atomic E-state index is 8.56. The molecule has 1 aliphatic heterocycles. The van der Waals surface area contributed by atoms with E-state index in [2.05, 4.69) is 76.2 Å². The minimum Gasteiger partial charge on any atom is -0.510 e. The minimum absolute atomic E-state index is 0. The fourth-order valence-corrected chi connectivity index (χ4v) is 9.26. The molecule has 5 nitrogen and oxygen atoms in total. The van der Waals surface area contributed by atoms with Gasteiger partial charge in [-0.1, -0.05) is 45.9 Å². The van der Waals surface area contributed by atoms with Crippen molar-refractivity contribution < 1.29 is 30.3 Å². The summed E-state index contributed by atoms with van der Waals surface area (Å²) in [6.45, 7) is 15.3. The van der Waals surface area contributed by atoms with Crippen LogP contribution in [0.3, 0.4) is 0 Å². The first-order valence-electron chi connectivity index (χ1n) is 18.5. The molecule has 0 bridgehead atoms. The maximum atomic E-state index is 8.56. The summed E-state index contributed by atoms with van der Waals surface area (Å²) >= 11 is 0. The van der Waals surface area contributed by atoms with Crippen LogP contribution in [0.1, 0.15) is 104 Å². The van der Waals surface area contributed by atoms with Gasteiger partial charge in [-0.3, -0.25) is 0 Å². The van der Waals surface area contributed by atoms with Crippen molar-refractivity contribution in [2.45, 2.75) is 111 Å². The summed E-state index contributed by atoms with van der Waals surface area (Å²) in [5.74, 6) is 0.677. The molecule has 2 aliphatic carbocycles. The van der Waals surface area contributed by atoms with Crippen LogP contribution in [0.15, 0.2) is 91.4 Å². The zero-order valence-electron chi connectivity index (χ0n) is 31.7. The zero-order valence-corrected chi connectivity index (χ0v) is 34.1. The van der Waals surface area contributed by atoms with Gasteiger partial charge in [-0.25, -0.2) is 0 Å². The van der Waals surface area contributed by atoms with Gasteiger partial charge in [-0.15, -0.1) is 41.6 Å². The van der Waals surface area contributed by atoms with Gasteiger partial charge in [0.2, 0.25) is 0 Å². The summed E-state index contributed by atoms with van der Waals surface area (Å²) in [5.41, 5.74) is 6.22. The molecule has 3 aromatic carbocycles. The number of benzene rings is 3. The maximum Gasteiger partial charge on any atom is 3.00 e. The van der Waals surface area contributed by atoms with Crippen molar-refractivity contribution in [1.82, 2.24) is 9.88 Å². The van der Waals surface area contributed by atoms with E-state index < -0.39 is 0 Å². The number of pyridine rings is 1. The predicted octanol–water partition coefficient (Wildman–Crippen LogP) is 10.5. The number of hydrogen-bond acceptors (Lipinski definition) is 5. The molecular formula is C45H58IrN3O2. The molecule has 0 radical (unpaired) electrons. The van der Waals surface area contributed by atoms with E-state index in [1.807, 2.05) is 78.5 Å². The summed E-state index contributed by atoms with van der Waals surface area (Å²) in [6.07, 6.45) is 15.3. The molecule has 2 atom stereocenters. The van der Waals surface area contributed by atoms with Crippen molar-refractivity contribution >= 4 is 16.5 Å². The number of para-hydroxylation sites is 1. The molecule has 1 spiro atoms. The van der Waals surface area contributed by atoms with E-state index in [9.17, 15) is 0 Å². The SMILES string of the molecule is CC(O)CC(C)O.CC1(C)CC(C)(C)CC2(CCC(c3ccc4ccnc(-c5[c-]cccc5)c4c3)CC2)C1.CN1C=CN(c2[c-]cccc2)[CH-]1.[Ir+3]. The Hall–Kier alpha value is -3.02. The third-order valence-electron chi connectivity index (χ3n) is 10.4. The van der Waals surface area contributed by atoms with E-state index in [-0.39, 0.29) is 32.3 Å². The Balaban J connectivity index is 0.000000240. The van der Waals surface area contributed by atoms with Gasteiger partial charge in [0.05, 0.1) is 12.2 Å². The van der Waals surface area contributed by atoms with E-state index in [0.717, 1.165) is 16.9 Å². The molecule has 3 aliphatic rings. The van der Waals surface area contributed by atoms with Crippen LogP contribution in [0, 0.1) is 35.0 Å².